The van der Waals surface area contributed by atoms with Crippen LogP contribution in [0.3, 0.4) is 0 Å². The summed E-state index contributed by atoms with van der Waals surface area (Å²) in [5.41, 5.74) is 0.466. The zero-order chi connectivity index (χ0) is 23.4. The molecule has 0 radical (unpaired) electrons. The third-order valence-electron chi connectivity index (χ3n) is 4.80. The number of hydrogen-bond acceptors (Lipinski definition) is 6. The van der Waals surface area contributed by atoms with Gasteiger partial charge in [-0.1, -0.05) is 42.4 Å². The standard InChI is InChI=1S/C22H20Br2N4O4/c1-4-8-32-20-17(24)9-14(10-19(20)28(30)31)12-25-27-21(13(3)5-2)26-18-7-6-15(23)11-16(18)22(27)29/h4,6-7,9-13H,1,5,8H2,2-3H3/t13-/m1/s1. The fourth-order valence-corrected chi connectivity index (χ4v) is 3.94. The highest BCUT2D eigenvalue weighted by atomic mass is 79.9. The fourth-order valence-electron chi connectivity index (χ4n) is 3.00. The van der Waals surface area contributed by atoms with Crippen molar-refractivity contribution in [1.82, 2.24) is 9.66 Å². The molecule has 0 aliphatic carbocycles. The molecule has 0 saturated heterocycles. The van der Waals surface area contributed by atoms with Crippen LogP contribution in [0.1, 0.15) is 37.6 Å². The second-order valence-corrected chi connectivity index (χ2v) is 8.78. The molecule has 1 aromatic heterocycles. The van der Waals surface area contributed by atoms with Crippen molar-refractivity contribution in [3.8, 4) is 5.75 Å². The number of hydrogen-bond donors (Lipinski definition) is 0. The Bertz CT molecular complexity index is 1290. The maximum absolute atomic E-state index is 13.2. The maximum Gasteiger partial charge on any atom is 0.312 e. The number of nitro benzene ring substituents is 1. The van der Waals surface area contributed by atoms with Gasteiger partial charge in [0, 0.05) is 22.0 Å². The minimum absolute atomic E-state index is 0.0244. The summed E-state index contributed by atoms with van der Waals surface area (Å²) in [6.45, 7) is 7.64. The summed E-state index contributed by atoms with van der Waals surface area (Å²) in [5.74, 6) is 0.591. The van der Waals surface area contributed by atoms with E-state index in [-0.39, 0.29) is 29.5 Å². The Labute approximate surface area is 201 Å². The van der Waals surface area contributed by atoms with Crippen molar-refractivity contribution >= 4 is 54.7 Å². The number of halogens is 2. The van der Waals surface area contributed by atoms with E-state index < -0.39 is 4.92 Å². The molecule has 0 fully saturated rings. The Morgan fingerprint density at radius 1 is 1.34 bits per heavy atom. The SMILES string of the molecule is C=CCOc1c(Br)cc(C=Nn2c([C@H](C)CC)nc3ccc(Br)cc3c2=O)cc1[N+](=O)[O-]. The first-order valence-electron chi connectivity index (χ1n) is 9.75. The summed E-state index contributed by atoms with van der Waals surface area (Å²) in [5, 5.41) is 16.3. The molecule has 2 aromatic carbocycles. The molecule has 0 bridgehead atoms. The third kappa shape index (κ3) is 4.97. The number of fused-ring (bicyclic) bond motifs is 1. The van der Waals surface area contributed by atoms with Crippen LogP contribution in [-0.4, -0.2) is 27.4 Å². The Kier molecular flexibility index (Phi) is 7.57. The highest BCUT2D eigenvalue weighted by Gasteiger charge is 2.20. The monoisotopic (exact) mass is 562 g/mol. The van der Waals surface area contributed by atoms with Gasteiger partial charge in [-0.05, 0) is 46.6 Å². The van der Waals surface area contributed by atoms with Crippen molar-refractivity contribution in [2.45, 2.75) is 26.2 Å². The van der Waals surface area contributed by atoms with Crippen molar-refractivity contribution in [2.24, 2.45) is 5.10 Å². The highest BCUT2D eigenvalue weighted by Crippen LogP contribution is 2.36. The van der Waals surface area contributed by atoms with E-state index in [0.717, 1.165) is 10.9 Å². The molecular formula is C22H20Br2N4O4. The van der Waals surface area contributed by atoms with Crippen LogP contribution in [0.2, 0.25) is 0 Å². The van der Waals surface area contributed by atoms with Crippen molar-refractivity contribution < 1.29 is 9.66 Å². The van der Waals surface area contributed by atoms with Crippen LogP contribution in [0.4, 0.5) is 5.69 Å². The summed E-state index contributed by atoms with van der Waals surface area (Å²) < 4.78 is 7.82. The summed E-state index contributed by atoms with van der Waals surface area (Å²) >= 11 is 6.70. The van der Waals surface area contributed by atoms with E-state index in [1.807, 2.05) is 19.9 Å². The summed E-state index contributed by atoms with van der Waals surface area (Å²) in [6.07, 6.45) is 3.66. The van der Waals surface area contributed by atoms with Crippen LogP contribution in [-0.2, 0) is 0 Å². The van der Waals surface area contributed by atoms with Gasteiger partial charge < -0.3 is 4.74 Å². The number of benzene rings is 2. The maximum atomic E-state index is 13.2. The number of ether oxygens (including phenoxy) is 1. The van der Waals surface area contributed by atoms with Crippen molar-refractivity contribution in [3.05, 3.63) is 83.8 Å². The minimum Gasteiger partial charge on any atom is -0.482 e. The smallest absolute Gasteiger partial charge is 0.312 e. The lowest BCUT2D eigenvalue weighted by atomic mass is 10.1. The molecule has 0 amide bonds. The molecule has 0 aliphatic rings. The minimum atomic E-state index is -0.535. The molecule has 32 heavy (non-hydrogen) atoms. The molecule has 10 heteroatoms. The molecule has 8 nitrogen and oxygen atoms in total. The van der Waals surface area contributed by atoms with Crippen LogP contribution in [0.15, 0.2) is 61.8 Å². The number of aromatic nitrogens is 2. The summed E-state index contributed by atoms with van der Waals surface area (Å²) in [4.78, 5) is 28.9. The third-order valence-corrected chi connectivity index (χ3v) is 5.88. The van der Waals surface area contributed by atoms with Crippen LogP contribution in [0.5, 0.6) is 5.75 Å². The predicted octanol–water partition coefficient (Wildman–Crippen LogP) is 5.79. The second kappa shape index (κ2) is 10.2. The molecule has 0 spiro atoms. The second-order valence-electron chi connectivity index (χ2n) is 7.01. The van der Waals surface area contributed by atoms with Crippen molar-refractivity contribution in [3.63, 3.8) is 0 Å². The van der Waals surface area contributed by atoms with Crippen LogP contribution >= 0.6 is 31.9 Å². The van der Waals surface area contributed by atoms with Gasteiger partial charge in [0.1, 0.15) is 12.4 Å². The first kappa shape index (κ1) is 23.8. The summed E-state index contributed by atoms with van der Waals surface area (Å²) in [6, 6.07) is 8.28. The molecular weight excluding hydrogens is 544 g/mol. The number of nitro groups is 1. The van der Waals surface area contributed by atoms with Crippen molar-refractivity contribution in [1.29, 1.82) is 0 Å². The van der Waals surface area contributed by atoms with E-state index in [9.17, 15) is 14.9 Å². The number of nitrogens with zero attached hydrogens (tertiary/aromatic N) is 4. The molecule has 0 N–H and O–H groups in total. The Balaban J connectivity index is 2.15. The van der Waals surface area contributed by atoms with E-state index in [4.69, 9.17) is 4.74 Å². The first-order valence-corrected chi connectivity index (χ1v) is 11.3. The van der Waals surface area contributed by atoms with Gasteiger partial charge in [0.2, 0.25) is 5.75 Å². The zero-order valence-electron chi connectivity index (χ0n) is 17.4. The van der Waals surface area contributed by atoms with E-state index in [1.54, 1.807) is 18.2 Å². The average molecular weight is 564 g/mol. The Hall–Kier alpha value is -2.85. The van der Waals surface area contributed by atoms with Gasteiger partial charge in [0.05, 0.1) is 26.5 Å². The Morgan fingerprint density at radius 2 is 2.09 bits per heavy atom. The van der Waals surface area contributed by atoms with E-state index in [2.05, 4.69) is 48.5 Å². The van der Waals surface area contributed by atoms with Gasteiger partial charge >= 0.3 is 5.69 Å². The Morgan fingerprint density at radius 3 is 2.75 bits per heavy atom. The molecule has 3 rings (SSSR count). The van der Waals surface area contributed by atoms with Gasteiger partial charge in [0.25, 0.3) is 5.56 Å². The quantitative estimate of drug-likeness (QED) is 0.149. The van der Waals surface area contributed by atoms with Crippen molar-refractivity contribution in [2.75, 3.05) is 6.61 Å². The lowest BCUT2D eigenvalue weighted by Gasteiger charge is -2.14. The molecule has 3 aromatic rings. The molecule has 0 unspecified atom stereocenters. The van der Waals surface area contributed by atoms with Gasteiger partial charge in [0.15, 0.2) is 0 Å². The fraction of sp³-hybridized carbons (Fsp3) is 0.227. The lowest BCUT2D eigenvalue weighted by Crippen LogP contribution is -2.23. The molecule has 0 saturated carbocycles. The first-order chi connectivity index (χ1) is 15.3. The highest BCUT2D eigenvalue weighted by molar-refractivity contribution is 9.10. The van der Waals surface area contributed by atoms with E-state index in [0.29, 0.717) is 26.8 Å². The van der Waals surface area contributed by atoms with E-state index >= 15 is 0 Å². The van der Waals surface area contributed by atoms with E-state index in [1.165, 1.54) is 23.0 Å². The van der Waals surface area contributed by atoms with Crippen LogP contribution < -0.4 is 10.3 Å². The van der Waals surface area contributed by atoms with Gasteiger partial charge in [-0.2, -0.15) is 9.78 Å². The topological polar surface area (TPSA) is 99.6 Å². The largest absolute Gasteiger partial charge is 0.482 e. The molecule has 1 atom stereocenters. The van der Waals surface area contributed by atoms with Crippen LogP contribution in [0, 0.1) is 10.1 Å². The predicted molar refractivity (Wildman–Crippen MR) is 132 cm³/mol. The van der Waals surface area contributed by atoms with Gasteiger partial charge in [-0.3, -0.25) is 14.9 Å². The molecule has 1 heterocycles. The molecule has 0 aliphatic heterocycles. The van der Waals surface area contributed by atoms with Gasteiger partial charge in [-0.15, -0.1) is 0 Å². The van der Waals surface area contributed by atoms with Crippen LogP contribution in [0.25, 0.3) is 10.9 Å². The lowest BCUT2D eigenvalue weighted by molar-refractivity contribution is -0.385. The normalized spacial score (nSPS) is 12.2. The molecule has 166 valence electrons. The number of rotatable bonds is 8. The summed E-state index contributed by atoms with van der Waals surface area (Å²) in [7, 11) is 0. The average Bonchev–Trinajstić information content (AvgIpc) is 2.77. The zero-order valence-corrected chi connectivity index (χ0v) is 20.6. The van der Waals surface area contributed by atoms with Gasteiger partial charge in [-0.25, -0.2) is 4.98 Å².